The number of esters is 1. The lowest BCUT2D eigenvalue weighted by molar-refractivity contribution is -0.171. The van der Waals surface area contributed by atoms with Crippen molar-refractivity contribution in [1.82, 2.24) is 0 Å². The summed E-state index contributed by atoms with van der Waals surface area (Å²) in [6, 6.07) is 0. The Labute approximate surface area is 161 Å². The quantitative estimate of drug-likeness (QED) is 0.740. The Bertz CT molecular complexity index is 670. The molecule has 4 aliphatic carbocycles. The average molecular weight is 376 g/mol. The Morgan fingerprint density at radius 3 is 2.74 bits per heavy atom. The van der Waals surface area contributed by atoms with Crippen LogP contribution < -0.4 is 0 Å². The predicted molar refractivity (Wildman–Crippen MR) is 99.7 cm³/mol. The Morgan fingerprint density at radius 2 is 2.00 bits per heavy atom. The monoisotopic (exact) mass is 376 g/mol. The van der Waals surface area contributed by atoms with Crippen LogP contribution in [0.1, 0.15) is 65.2 Å². The molecule has 7 atom stereocenters. The molecule has 5 nitrogen and oxygen atoms in total. The van der Waals surface area contributed by atoms with Gasteiger partial charge in [0.05, 0.1) is 12.7 Å². The van der Waals surface area contributed by atoms with Crippen molar-refractivity contribution >= 4 is 11.8 Å². The zero-order valence-electron chi connectivity index (χ0n) is 16.4. The molecule has 0 radical (unpaired) electrons. The lowest BCUT2D eigenvalue weighted by Crippen LogP contribution is -2.58. The second-order valence-electron chi connectivity index (χ2n) is 9.38. The third-order valence-electron chi connectivity index (χ3n) is 8.51. The van der Waals surface area contributed by atoms with Gasteiger partial charge in [0.15, 0.2) is 11.9 Å². The Morgan fingerprint density at radius 1 is 1.22 bits per heavy atom. The maximum Gasteiger partial charge on any atom is 0.335 e. The fourth-order valence-corrected chi connectivity index (χ4v) is 7.19. The molecule has 2 unspecified atom stereocenters. The number of hydrogen-bond acceptors (Lipinski definition) is 5. The van der Waals surface area contributed by atoms with Gasteiger partial charge in [0.1, 0.15) is 0 Å². The summed E-state index contributed by atoms with van der Waals surface area (Å²) in [5.74, 6) is 0.533. The van der Waals surface area contributed by atoms with Crippen LogP contribution in [-0.2, 0) is 14.3 Å². The van der Waals surface area contributed by atoms with Gasteiger partial charge in [0.2, 0.25) is 0 Å². The van der Waals surface area contributed by atoms with Crippen LogP contribution in [0.4, 0.5) is 0 Å². The van der Waals surface area contributed by atoms with Gasteiger partial charge in [-0.15, -0.1) is 0 Å². The van der Waals surface area contributed by atoms with Crippen molar-refractivity contribution in [3.63, 3.8) is 0 Å². The molecule has 5 heteroatoms. The van der Waals surface area contributed by atoms with Gasteiger partial charge in [-0.1, -0.05) is 12.5 Å². The van der Waals surface area contributed by atoms with Gasteiger partial charge in [0, 0.05) is 11.8 Å². The number of fused-ring (bicyclic) bond motifs is 5. The lowest BCUT2D eigenvalue weighted by atomic mass is 9.45. The molecule has 4 rings (SSSR count). The number of rotatable bonds is 3. The van der Waals surface area contributed by atoms with Crippen LogP contribution in [0.25, 0.3) is 0 Å². The van der Waals surface area contributed by atoms with Crippen LogP contribution >= 0.6 is 0 Å². The molecule has 27 heavy (non-hydrogen) atoms. The Hall–Kier alpha value is -1.20. The molecular formula is C22H32O5. The number of aliphatic hydroxyl groups excluding tert-OH is 2. The van der Waals surface area contributed by atoms with E-state index in [1.807, 2.05) is 0 Å². The summed E-state index contributed by atoms with van der Waals surface area (Å²) in [7, 11) is 0. The highest BCUT2D eigenvalue weighted by Gasteiger charge is 2.63. The summed E-state index contributed by atoms with van der Waals surface area (Å²) in [5.41, 5.74) is 0.239. The van der Waals surface area contributed by atoms with Gasteiger partial charge in [-0.2, -0.15) is 0 Å². The largest absolute Gasteiger partial charge is 0.464 e. The minimum atomic E-state index is -1.21. The maximum atomic E-state index is 12.6. The molecule has 0 aromatic heterocycles. The van der Waals surface area contributed by atoms with Crippen LogP contribution in [0.15, 0.2) is 11.6 Å². The number of carbonyl (C=O) groups excluding carboxylic acids is 2. The predicted octanol–water partition coefficient (Wildman–Crippen LogP) is 2.78. The average Bonchev–Trinajstić information content (AvgIpc) is 2.96. The molecule has 0 aromatic carbocycles. The van der Waals surface area contributed by atoms with E-state index in [0.29, 0.717) is 24.7 Å². The molecule has 0 aromatic rings. The molecule has 2 N–H and O–H groups in total. The number of carbonyl (C=O) groups is 2. The summed E-state index contributed by atoms with van der Waals surface area (Å²) in [5, 5.41) is 21.8. The van der Waals surface area contributed by atoms with Gasteiger partial charge < -0.3 is 14.9 Å². The third kappa shape index (κ3) is 2.65. The van der Waals surface area contributed by atoms with Crippen LogP contribution in [0.5, 0.6) is 0 Å². The minimum Gasteiger partial charge on any atom is -0.464 e. The van der Waals surface area contributed by atoms with E-state index in [0.717, 1.165) is 44.1 Å². The summed E-state index contributed by atoms with van der Waals surface area (Å²) >= 11 is 0. The first kappa shape index (κ1) is 19.1. The van der Waals surface area contributed by atoms with Crippen molar-refractivity contribution in [2.75, 3.05) is 6.61 Å². The van der Waals surface area contributed by atoms with Crippen molar-refractivity contribution in [2.24, 2.45) is 28.6 Å². The molecule has 3 fully saturated rings. The molecule has 4 aliphatic rings. The SMILES string of the molecule is CCOC(=O)C(O)[C@]12CCC(=O)C=C1CC[C@@H]1[C@H]2CC[C@]2(C)C(O)CC[C@@H]12. The summed E-state index contributed by atoms with van der Waals surface area (Å²) < 4.78 is 5.19. The van der Waals surface area contributed by atoms with Crippen LogP contribution in [0.3, 0.4) is 0 Å². The standard InChI is InChI=1S/C22H32O5/c1-3-27-20(26)19(25)22-11-8-14(23)12-13(22)4-5-15-16-6-7-18(24)21(16,2)10-9-17(15)22/h12,15-19,24-25H,3-11H2,1-2H3/t15-,16-,17+,18?,19?,21-,22+/m0/s1. The van der Waals surface area contributed by atoms with Crippen molar-refractivity contribution in [3.05, 3.63) is 11.6 Å². The zero-order chi connectivity index (χ0) is 19.4. The molecule has 0 bridgehead atoms. The van der Waals surface area contributed by atoms with E-state index in [-0.39, 0.29) is 29.8 Å². The highest BCUT2D eigenvalue weighted by molar-refractivity contribution is 5.92. The lowest BCUT2D eigenvalue weighted by Gasteiger charge is -2.59. The van der Waals surface area contributed by atoms with Crippen LogP contribution in [0.2, 0.25) is 0 Å². The summed E-state index contributed by atoms with van der Waals surface area (Å²) in [6.45, 7) is 4.21. The van der Waals surface area contributed by atoms with E-state index in [2.05, 4.69) is 6.92 Å². The molecule has 0 heterocycles. The second-order valence-corrected chi connectivity index (χ2v) is 9.38. The third-order valence-corrected chi connectivity index (χ3v) is 8.51. The van der Waals surface area contributed by atoms with Gasteiger partial charge in [-0.05, 0) is 81.1 Å². The first-order valence-corrected chi connectivity index (χ1v) is 10.6. The van der Waals surface area contributed by atoms with Gasteiger partial charge in [0.25, 0.3) is 0 Å². The van der Waals surface area contributed by atoms with E-state index in [4.69, 9.17) is 4.74 Å². The van der Waals surface area contributed by atoms with Gasteiger partial charge in [-0.25, -0.2) is 4.79 Å². The van der Waals surface area contributed by atoms with E-state index in [1.54, 1.807) is 13.0 Å². The van der Waals surface area contributed by atoms with Crippen molar-refractivity contribution in [3.8, 4) is 0 Å². The van der Waals surface area contributed by atoms with E-state index < -0.39 is 17.5 Å². The van der Waals surface area contributed by atoms with E-state index in [1.165, 1.54) is 0 Å². The van der Waals surface area contributed by atoms with Crippen molar-refractivity contribution in [1.29, 1.82) is 0 Å². The minimum absolute atomic E-state index is 0.0526. The smallest absolute Gasteiger partial charge is 0.335 e. The summed E-state index contributed by atoms with van der Waals surface area (Å²) in [6.07, 6.45) is 6.56. The Kier molecular flexibility index (Phi) is 4.75. The molecular weight excluding hydrogens is 344 g/mol. The molecule has 3 saturated carbocycles. The van der Waals surface area contributed by atoms with Crippen molar-refractivity contribution < 1.29 is 24.5 Å². The van der Waals surface area contributed by atoms with Gasteiger partial charge >= 0.3 is 5.97 Å². The number of aliphatic hydroxyl groups is 2. The topological polar surface area (TPSA) is 83.8 Å². The highest BCUT2D eigenvalue weighted by Crippen LogP contribution is 2.66. The maximum absolute atomic E-state index is 12.6. The number of hydrogen-bond donors (Lipinski definition) is 2. The summed E-state index contributed by atoms with van der Waals surface area (Å²) in [4.78, 5) is 24.7. The van der Waals surface area contributed by atoms with Crippen LogP contribution in [0, 0.1) is 28.6 Å². The molecule has 0 spiro atoms. The van der Waals surface area contributed by atoms with Crippen LogP contribution in [-0.4, -0.2) is 40.8 Å². The first-order chi connectivity index (χ1) is 12.8. The molecule has 150 valence electrons. The molecule has 0 aliphatic heterocycles. The number of ketones is 1. The van der Waals surface area contributed by atoms with E-state index >= 15 is 0 Å². The van der Waals surface area contributed by atoms with E-state index in [9.17, 15) is 19.8 Å². The molecule has 0 amide bonds. The van der Waals surface area contributed by atoms with Gasteiger partial charge in [-0.3, -0.25) is 4.79 Å². The fourth-order valence-electron chi connectivity index (χ4n) is 7.19. The normalized spacial score (nSPS) is 44.6. The fraction of sp³-hybridized carbons (Fsp3) is 0.818. The Balaban J connectivity index is 1.74. The number of ether oxygens (including phenoxy) is 1. The second kappa shape index (κ2) is 6.70. The molecule has 0 saturated heterocycles. The first-order valence-electron chi connectivity index (χ1n) is 10.6. The highest BCUT2D eigenvalue weighted by atomic mass is 16.5. The zero-order valence-corrected chi connectivity index (χ0v) is 16.4. The van der Waals surface area contributed by atoms with Crippen molar-refractivity contribution in [2.45, 2.75) is 77.4 Å².